The lowest BCUT2D eigenvalue weighted by atomic mass is 10.0. The summed E-state index contributed by atoms with van der Waals surface area (Å²) in [7, 11) is 0. The second kappa shape index (κ2) is 8.42. The molecule has 3 rings (SSSR count). The van der Waals surface area contributed by atoms with Gasteiger partial charge in [-0.2, -0.15) is 0 Å². The van der Waals surface area contributed by atoms with Crippen LogP contribution in [-0.4, -0.2) is 23.3 Å². The van der Waals surface area contributed by atoms with E-state index in [1.807, 2.05) is 13.8 Å². The summed E-state index contributed by atoms with van der Waals surface area (Å²) in [6, 6.07) is 4.21. The van der Waals surface area contributed by atoms with Gasteiger partial charge in [-0.25, -0.2) is 4.39 Å². The molecule has 2 heterocycles. The maximum atomic E-state index is 13.6. The van der Waals surface area contributed by atoms with E-state index in [2.05, 4.69) is 22.5 Å². The van der Waals surface area contributed by atoms with Crippen LogP contribution >= 0.6 is 0 Å². The number of unbranched alkanes of at least 4 members (excludes halogenated alkanes) is 3. The molecule has 2 amide bonds. The fraction of sp³-hybridized carbons (Fsp3) is 0.364. The molecular formula is C22H26FN3O2. The molecule has 0 unspecified atom stereocenters. The summed E-state index contributed by atoms with van der Waals surface area (Å²) >= 11 is 0. The average Bonchev–Trinajstić information content (AvgIpc) is 3.11. The van der Waals surface area contributed by atoms with Gasteiger partial charge in [0.05, 0.1) is 11.1 Å². The van der Waals surface area contributed by atoms with Crippen LogP contribution in [-0.2, 0) is 4.79 Å². The molecule has 0 atom stereocenters. The van der Waals surface area contributed by atoms with Crippen molar-refractivity contribution in [1.29, 1.82) is 0 Å². The number of anilines is 1. The Morgan fingerprint density at radius 1 is 1.21 bits per heavy atom. The van der Waals surface area contributed by atoms with Gasteiger partial charge >= 0.3 is 0 Å². The fourth-order valence-corrected chi connectivity index (χ4v) is 3.55. The van der Waals surface area contributed by atoms with Crippen molar-refractivity contribution in [2.45, 2.75) is 46.5 Å². The molecule has 0 saturated heterocycles. The molecule has 1 aliphatic rings. The zero-order chi connectivity index (χ0) is 20.3. The predicted molar refractivity (Wildman–Crippen MR) is 110 cm³/mol. The third kappa shape index (κ3) is 4.01. The first-order valence-corrected chi connectivity index (χ1v) is 9.72. The number of rotatable bonds is 7. The van der Waals surface area contributed by atoms with Crippen molar-refractivity contribution >= 4 is 29.2 Å². The Hall–Kier alpha value is -2.89. The second-order valence-electron chi connectivity index (χ2n) is 7.18. The number of aryl methyl sites for hydroxylation is 1. The number of hydrogen-bond donors (Lipinski definition) is 3. The van der Waals surface area contributed by atoms with Crippen molar-refractivity contribution in [3.63, 3.8) is 0 Å². The first-order valence-electron chi connectivity index (χ1n) is 9.72. The van der Waals surface area contributed by atoms with Crippen LogP contribution < -0.4 is 10.6 Å². The Kier molecular flexibility index (Phi) is 5.97. The van der Waals surface area contributed by atoms with E-state index in [4.69, 9.17) is 0 Å². The molecule has 0 saturated carbocycles. The zero-order valence-corrected chi connectivity index (χ0v) is 16.5. The Labute approximate surface area is 164 Å². The highest BCUT2D eigenvalue weighted by Crippen LogP contribution is 2.34. The SMILES string of the molecule is CCCCCCNC(=O)c1c(C)[nH]c(/C=C2\C(=O)Nc3ccc(F)cc32)c1C. The first-order chi connectivity index (χ1) is 13.4. The molecule has 28 heavy (non-hydrogen) atoms. The molecule has 0 bridgehead atoms. The lowest BCUT2D eigenvalue weighted by Crippen LogP contribution is -2.25. The Balaban J connectivity index is 1.83. The standard InChI is InChI=1S/C22H26FN3O2/c1-4-5-6-7-10-24-22(28)20-13(2)19(25-14(20)3)12-17-16-11-15(23)8-9-18(16)26-21(17)27/h8-9,11-12,25H,4-7,10H2,1-3H3,(H,24,28)(H,26,27)/b17-12-. The summed E-state index contributed by atoms with van der Waals surface area (Å²) in [4.78, 5) is 28.1. The normalized spacial score (nSPS) is 14.3. The van der Waals surface area contributed by atoms with Crippen molar-refractivity contribution in [1.82, 2.24) is 10.3 Å². The zero-order valence-electron chi connectivity index (χ0n) is 16.5. The van der Waals surface area contributed by atoms with Crippen molar-refractivity contribution < 1.29 is 14.0 Å². The third-order valence-corrected chi connectivity index (χ3v) is 5.07. The summed E-state index contributed by atoms with van der Waals surface area (Å²) in [5.74, 6) is -0.799. The molecule has 0 aliphatic carbocycles. The third-order valence-electron chi connectivity index (χ3n) is 5.07. The molecule has 0 fully saturated rings. The smallest absolute Gasteiger partial charge is 0.256 e. The summed E-state index contributed by atoms with van der Waals surface area (Å²) in [6.45, 7) is 6.48. The number of carbonyl (C=O) groups excluding carboxylic acids is 2. The number of hydrogen-bond acceptors (Lipinski definition) is 2. The van der Waals surface area contributed by atoms with E-state index in [0.29, 0.717) is 34.6 Å². The van der Waals surface area contributed by atoms with Crippen LogP contribution in [0.15, 0.2) is 18.2 Å². The van der Waals surface area contributed by atoms with Crippen molar-refractivity contribution in [3.8, 4) is 0 Å². The van der Waals surface area contributed by atoms with Gasteiger partial charge in [0.1, 0.15) is 5.82 Å². The van der Waals surface area contributed by atoms with Crippen molar-refractivity contribution in [3.05, 3.63) is 52.1 Å². The molecule has 148 valence electrons. The molecule has 5 nitrogen and oxygen atoms in total. The lowest BCUT2D eigenvalue weighted by molar-refractivity contribution is -0.110. The minimum atomic E-state index is -0.399. The summed E-state index contributed by atoms with van der Waals surface area (Å²) in [6.07, 6.45) is 6.06. The van der Waals surface area contributed by atoms with E-state index < -0.39 is 5.82 Å². The van der Waals surface area contributed by atoms with Crippen LogP contribution in [0.25, 0.3) is 11.6 Å². The van der Waals surface area contributed by atoms with E-state index >= 15 is 0 Å². The van der Waals surface area contributed by atoms with Crippen LogP contribution in [0.2, 0.25) is 0 Å². The minimum Gasteiger partial charge on any atom is -0.358 e. The quantitative estimate of drug-likeness (QED) is 0.484. The van der Waals surface area contributed by atoms with Gasteiger partial charge in [-0.05, 0) is 50.1 Å². The predicted octanol–water partition coefficient (Wildman–Crippen LogP) is 4.57. The highest BCUT2D eigenvalue weighted by Gasteiger charge is 2.26. The maximum absolute atomic E-state index is 13.6. The number of halogens is 1. The van der Waals surface area contributed by atoms with Gasteiger partial charge in [0, 0.05) is 29.2 Å². The number of benzene rings is 1. The van der Waals surface area contributed by atoms with Crippen LogP contribution in [0, 0.1) is 19.7 Å². The monoisotopic (exact) mass is 383 g/mol. The summed E-state index contributed by atoms with van der Waals surface area (Å²) in [5.41, 5.74) is 4.28. The number of amides is 2. The number of nitrogens with one attached hydrogen (secondary N) is 3. The fourth-order valence-electron chi connectivity index (χ4n) is 3.55. The summed E-state index contributed by atoms with van der Waals surface area (Å²) in [5, 5.41) is 5.71. The highest BCUT2D eigenvalue weighted by molar-refractivity contribution is 6.34. The van der Waals surface area contributed by atoms with E-state index in [1.54, 1.807) is 12.1 Å². The molecule has 1 aromatic heterocycles. The van der Waals surface area contributed by atoms with Gasteiger partial charge in [0.2, 0.25) is 0 Å². The lowest BCUT2D eigenvalue weighted by Gasteiger charge is -2.06. The number of aromatic amines is 1. The van der Waals surface area contributed by atoms with Crippen LogP contribution in [0.4, 0.5) is 10.1 Å². The van der Waals surface area contributed by atoms with E-state index in [0.717, 1.165) is 30.5 Å². The van der Waals surface area contributed by atoms with Crippen LogP contribution in [0.3, 0.4) is 0 Å². The molecule has 0 radical (unpaired) electrons. The number of fused-ring (bicyclic) bond motifs is 1. The largest absolute Gasteiger partial charge is 0.358 e. The molecule has 2 aromatic rings. The summed E-state index contributed by atoms with van der Waals surface area (Å²) < 4.78 is 13.6. The average molecular weight is 383 g/mol. The Bertz CT molecular complexity index is 943. The first kappa shape index (κ1) is 19.9. The molecule has 6 heteroatoms. The van der Waals surface area contributed by atoms with E-state index in [-0.39, 0.29) is 11.8 Å². The van der Waals surface area contributed by atoms with Gasteiger partial charge in [-0.3, -0.25) is 9.59 Å². The second-order valence-corrected chi connectivity index (χ2v) is 7.18. The van der Waals surface area contributed by atoms with E-state index in [1.165, 1.54) is 18.6 Å². The van der Waals surface area contributed by atoms with Crippen LogP contribution in [0.5, 0.6) is 0 Å². The van der Waals surface area contributed by atoms with Gasteiger partial charge in [-0.15, -0.1) is 0 Å². The van der Waals surface area contributed by atoms with Gasteiger partial charge in [0.15, 0.2) is 0 Å². The molecule has 1 aromatic carbocycles. The van der Waals surface area contributed by atoms with E-state index in [9.17, 15) is 14.0 Å². The Morgan fingerprint density at radius 3 is 2.75 bits per heavy atom. The maximum Gasteiger partial charge on any atom is 0.256 e. The van der Waals surface area contributed by atoms with Crippen molar-refractivity contribution in [2.75, 3.05) is 11.9 Å². The highest BCUT2D eigenvalue weighted by atomic mass is 19.1. The molecular weight excluding hydrogens is 357 g/mol. The van der Waals surface area contributed by atoms with Crippen molar-refractivity contribution in [2.24, 2.45) is 0 Å². The van der Waals surface area contributed by atoms with Gasteiger partial charge in [-0.1, -0.05) is 26.2 Å². The minimum absolute atomic E-state index is 0.116. The molecule has 0 spiro atoms. The number of carbonyl (C=O) groups is 2. The Morgan fingerprint density at radius 2 is 2.00 bits per heavy atom. The number of H-pyrrole nitrogens is 1. The van der Waals surface area contributed by atoms with Gasteiger partial charge < -0.3 is 15.6 Å². The topological polar surface area (TPSA) is 74.0 Å². The molecule has 3 N–H and O–H groups in total. The number of aromatic nitrogens is 1. The van der Waals surface area contributed by atoms with Gasteiger partial charge in [0.25, 0.3) is 11.8 Å². The van der Waals surface area contributed by atoms with Crippen LogP contribution in [0.1, 0.15) is 65.5 Å². The molecule has 1 aliphatic heterocycles.